The van der Waals surface area contributed by atoms with E-state index in [4.69, 9.17) is 9.47 Å². The number of amides is 2. The topological polar surface area (TPSA) is 96.4 Å². The third kappa shape index (κ3) is 3.30. The number of ether oxygens (including phenoxy) is 2. The van der Waals surface area contributed by atoms with Crippen LogP contribution in [-0.2, 0) is 23.9 Å². The van der Waals surface area contributed by atoms with Gasteiger partial charge in [0.2, 0.25) is 5.91 Å². The highest BCUT2D eigenvalue weighted by Crippen LogP contribution is 2.57. The Morgan fingerprint density at radius 1 is 1.11 bits per heavy atom. The van der Waals surface area contributed by atoms with Gasteiger partial charge >= 0.3 is 5.97 Å². The van der Waals surface area contributed by atoms with Gasteiger partial charge in [0.15, 0.2) is 0 Å². The smallest absolute Gasteiger partial charge is 0.313 e. The Hall–Kier alpha value is -2.97. The molecule has 0 aromatic heterocycles. The lowest BCUT2D eigenvalue weighted by Crippen LogP contribution is -2.58. The Labute approximate surface area is 205 Å². The number of likely N-dealkylation sites (tertiary alicyclic amines) is 1. The van der Waals surface area contributed by atoms with Crippen LogP contribution in [0.25, 0.3) is 0 Å². The monoisotopic (exact) mass is 480 g/mol. The fourth-order valence-electron chi connectivity index (χ4n) is 6.33. The van der Waals surface area contributed by atoms with E-state index in [1.54, 1.807) is 30.1 Å². The zero-order valence-corrected chi connectivity index (χ0v) is 20.6. The van der Waals surface area contributed by atoms with Crippen LogP contribution < -0.4 is 4.90 Å². The van der Waals surface area contributed by atoms with Crippen LogP contribution in [0, 0.1) is 25.7 Å². The van der Waals surface area contributed by atoms with E-state index < -0.39 is 41.1 Å². The number of aliphatic hydroxyl groups excluding tert-OH is 1. The van der Waals surface area contributed by atoms with Gasteiger partial charge in [0, 0.05) is 12.2 Å². The molecule has 35 heavy (non-hydrogen) atoms. The highest BCUT2D eigenvalue weighted by atomic mass is 16.6. The average Bonchev–Trinajstić information content (AvgIpc) is 3.08. The molecule has 0 saturated carbocycles. The van der Waals surface area contributed by atoms with Gasteiger partial charge in [-0.2, -0.15) is 0 Å². The van der Waals surface area contributed by atoms with Crippen molar-refractivity contribution in [3.63, 3.8) is 0 Å². The van der Waals surface area contributed by atoms with Crippen LogP contribution in [0.4, 0.5) is 5.69 Å². The van der Waals surface area contributed by atoms with Crippen LogP contribution in [-0.4, -0.2) is 70.8 Å². The molecule has 2 fully saturated rings. The second-order valence-corrected chi connectivity index (χ2v) is 10.2. The van der Waals surface area contributed by atoms with E-state index in [1.807, 2.05) is 45.0 Å². The molecule has 8 nitrogen and oxygen atoms in total. The zero-order chi connectivity index (χ0) is 25.1. The molecule has 5 rings (SSSR count). The molecule has 186 valence electrons. The molecule has 2 amide bonds. The van der Waals surface area contributed by atoms with Gasteiger partial charge in [0.05, 0.1) is 24.2 Å². The van der Waals surface area contributed by atoms with Crippen molar-refractivity contribution in [3.8, 4) is 0 Å². The summed E-state index contributed by atoms with van der Waals surface area (Å²) in [7, 11) is 0. The second-order valence-electron chi connectivity index (χ2n) is 10.2. The number of carbonyl (C=O) groups is 3. The van der Waals surface area contributed by atoms with Gasteiger partial charge in [-0.25, -0.2) is 0 Å². The summed E-state index contributed by atoms with van der Waals surface area (Å²) in [6.45, 7) is 7.67. The first-order chi connectivity index (χ1) is 16.7. The summed E-state index contributed by atoms with van der Waals surface area (Å²) in [6.07, 6.45) is 7.61. The molecule has 1 aromatic rings. The first-order valence-electron chi connectivity index (χ1n) is 12.2. The number of hydrogen-bond donors (Lipinski definition) is 1. The fourth-order valence-corrected chi connectivity index (χ4v) is 6.33. The van der Waals surface area contributed by atoms with Crippen LogP contribution in [0.15, 0.2) is 42.5 Å². The third-order valence-corrected chi connectivity index (χ3v) is 7.98. The van der Waals surface area contributed by atoms with E-state index in [1.165, 1.54) is 4.90 Å². The Bertz CT molecular complexity index is 1140. The van der Waals surface area contributed by atoms with Crippen molar-refractivity contribution in [1.29, 1.82) is 0 Å². The zero-order valence-electron chi connectivity index (χ0n) is 20.6. The minimum atomic E-state index is -1.36. The van der Waals surface area contributed by atoms with E-state index in [9.17, 15) is 19.5 Å². The van der Waals surface area contributed by atoms with Crippen molar-refractivity contribution < 1.29 is 29.0 Å². The summed E-state index contributed by atoms with van der Waals surface area (Å²) in [6, 6.07) is 4.31. The van der Waals surface area contributed by atoms with Gasteiger partial charge < -0.3 is 24.4 Å². The Morgan fingerprint density at radius 2 is 1.89 bits per heavy atom. The van der Waals surface area contributed by atoms with E-state index in [2.05, 4.69) is 0 Å². The summed E-state index contributed by atoms with van der Waals surface area (Å²) in [5.41, 5.74) is 0.259. The molecule has 1 spiro atoms. The minimum Gasteiger partial charge on any atom is -0.461 e. The Kier molecular flexibility index (Phi) is 5.64. The number of esters is 1. The van der Waals surface area contributed by atoms with Crippen molar-refractivity contribution in [2.24, 2.45) is 11.8 Å². The van der Waals surface area contributed by atoms with Crippen LogP contribution in [0.5, 0.6) is 0 Å². The van der Waals surface area contributed by atoms with E-state index >= 15 is 0 Å². The van der Waals surface area contributed by atoms with Gasteiger partial charge in [0.1, 0.15) is 24.2 Å². The van der Waals surface area contributed by atoms with Crippen molar-refractivity contribution in [3.05, 3.63) is 53.6 Å². The van der Waals surface area contributed by atoms with Crippen LogP contribution in [0.1, 0.15) is 31.4 Å². The lowest BCUT2D eigenvalue weighted by molar-refractivity contribution is -0.157. The van der Waals surface area contributed by atoms with Crippen LogP contribution >= 0.6 is 0 Å². The van der Waals surface area contributed by atoms with Gasteiger partial charge in [-0.1, -0.05) is 37.3 Å². The number of carbonyl (C=O) groups excluding carboxylic acids is 3. The van der Waals surface area contributed by atoms with Crippen molar-refractivity contribution in [2.75, 3.05) is 24.7 Å². The van der Waals surface area contributed by atoms with E-state index in [-0.39, 0.29) is 25.0 Å². The molecular formula is C27H32N2O6. The molecule has 1 aromatic carbocycles. The largest absolute Gasteiger partial charge is 0.461 e. The molecule has 0 radical (unpaired) electrons. The Morgan fingerprint density at radius 3 is 2.60 bits per heavy atom. The lowest BCUT2D eigenvalue weighted by atomic mass is 9.75. The number of benzene rings is 1. The van der Waals surface area contributed by atoms with Crippen molar-refractivity contribution in [1.82, 2.24) is 4.90 Å². The van der Waals surface area contributed by atoms with Crippen molar-refractivity contribution in [2.45, 2.75) is 57.4 Å². The summed E-state index contributed by atoms with van der Waals surface area (Å²) >= 11 is 0. The molecule has 4 aliphatic rings. The number of aryl methyl sites for hydroxylation is 2. The summed E-state index contributed by atoms with van der Waals surface area (Å²) in [4.78, 5) is 44.7. The molecule has 6 atom stereocenters. The highest BCUT2D eigenvalue weighted by Gasteiger charge is 2.75. The summed E-state index contributed by atoms with van der Waals surface area (Å²) in [5.74, 6) is -3.00. The van der Waals surface area contributed by atoms with E-state index in [0.717, 1.165) is 16.8 Å². The fraction of sp³-hybridized carbons (Fsp3) is 0.519. The SMILES string of the molecule is CC[C@@H](CO)N1C(=O)[C@@H]2[C@H]3C(=O)OCC=C[C@@]3(C)O[C@@]23C=CCN(c2cc(C)ccc2C)C(=O)C13. The average molecular weight is 481 g/mol. The molecule has 4 heterocycles. The second kappa shape index (κ2) is 8.31. The first-order valence-corrected chi connectivity index (χ1v) is 12.2. The standard InChI is InChI=1S/C27H32N2O6/c1-5-18(15-30)29-22-24(32)28(19-14-16(2)8-9-17(19)3)12-6-11-27(22)20(23(29)31)21-25(33)34-13-7-10-26(21,4)35-27/h6-11,14,18,20-22,30H,5,12-13,15H2,1-4H3/t18-,20-,21-,22?,26+,27-/m0/s1. The highest BCUT2D eigenvalue weighted by molar-refractivity contribution is 6.06. The number of fused-ring (bicyclic) bond motifs is 2. The molecule has 1 unspecified atom stereocenters. The van der Waals surface area contributed by atoms with Gasteiger partial charge in [0.25, 0.3) is 5.91 Å². The lowest BCUT2D eigenvalue weighted by Gasteiger charge is -2.40. The number of hydrogen-bond acceptors (Lipinski definition) is 6. The maximum Gasteiger partial charge on any atom is 0.313 e. The molecule has 8 heteroatoms. The third-order valence-electron chi connectivity index (χ3n) is 7.98. The van der Waals surface area contributed by atoms with Crippen molar-refractivity contribution >= 4 is 23.5 Å². The number of cyclic esters (lactones) is 1. The number of nitrogens with zero attached hydrogens (tertiary/aromatic N) is 2. The molecule has 1 N–H and O–H groups in total. The number of anilines is 1. The number of rotatable bonds is 4. The predicted molar refractivity (Wildman–Crippen MR) is 129 cm³/mol. The van der Waals surface area contributed by atoms with Crippen LogP contribution in [0.3, 0.4) is 0 Å². The first kappa shape index (κ1) is 23.8. The maximum absolute atomic E-state index is 14.4. The molecule has 0 bridgehead atoms. The predicted octanol–water partition coefficient (Wildman–Crippen LogP) is 2.06. The Balaban J connectivity index is 1.70. The minimum absolute atomic E-state index is 0.110. The summed E-state index contributed by atoms with van der Waals surface area (Å²) < 4.78 is 12.1. The molecule has 2 saturated heterocycles. The summed E-state index contributed by atoms with van der Waals surface area (Å²) in [5, 5.41) is 10.2. The normalized spacial score (nSPS) is 34.8. The quantitative estimate of drug-likeness (QED) is 0.524. The van der Waals surface area contributed by atoms with Gasteiger partial charge in [-0.05, 0) is 50.5 Å². The van der Waals surface area contributed by atoms with Crippen LogP contribution in [0.2, 0.25) is 0 Å². The van der Waals surface area contributed by atoms with Gasteiger partial charge in [-0.15, -0.1) is 0 Å². The molecular weight excluding hydrogens is 448 g/mol. The molecule has 4 aliphatic heterocycles. The maximum atomic E-state index is 14.4. The molecule has 0 aliphatic carbocycles. The number of aliphatic hydroxyl groups is 1. The van der Waals surface area contributed by atoms with Gasteiger partial charge in [-0.3, -0.25) is 14.4 Å². The van der Waals surface area contributed by atoms with E-state index in [0.29, 0.717) is 13.0 Å².